The fourth-order valence-corrected chi connectivity index (χ4v) is 2.46. The van der Waals surface area contributed by atoms with Crippen LogP contribution in [0.5, 0.6) is 0 Å². The fourth-order valence-electron chi connectivity index (χ4n) is 2.46. The maximum atomic E-state index is 12.0. The summed E-state index contributed by atoms with van der Waals surface area (Å²) in [6.07, 6.45) is 2.79. The molecule has 1 fully saturated rings. The Morgan fingerprint density at radius 3 is 2.91 bits per heavy atom. The van der Waals surface area contributed by atoms with Crippen molar-refractivity contribution < 1.29 is 19.1 Å². The Balaban J connectivity index is 1.77. The summed E-state index contributed by atoms with van der Waals surface area (Å²) in [6.45, 7) is 4.23. The highest BCUT2D eigenvalue weighted by Crippen LogP contribution is 2.16. The molecule has 1 aliphatic rings. The van der Waals surface area contributed by atoms with E-state index in [-0.39, 0.29) is 12.0 Å². The molecule has 2 N–H and O–H groups in total. The molecule has 6 heteroatoms. The van der Waals surface area contributed by atoms with Gasteiger partial charge in [-0.3, -0.25) is 4.79 Å². The van der Waals surface area contributed by atoms with Gasteiger partial charge >= 0.3 is 5.97 Å². The standard InChI is InChI=1S/C17H24N2O4/c1-2-22-17(21)14-7-3-4-8-15(14)19-16(20)9-10-18-12-13-6-5-11-23-13/h3-4,7-8,13,18H,2,5-6,9-12H2,1H3,(H,19,20). The number of carbonyl (C=O) groups excluding carboxylic acids is 2. The zero-order valence-corrected chi connectivity index (χ0v) is 13.5. The number of anilines is 1. The third kappa shape index (κ3) is 5.65. The maximum absolute atomic E-state index is 12.0. The van der Waals surface area contributed by atoms with Crippen molar-refractivity contribution >= 4 is 17.6 Å². The Hall–Kier alpha value is -1.92. The number of nitrogens with one attached hydrogen (secondary N) is 2. The number of esters is 1. The quantitative estimate of drug-likeness (QED) is 0.565. The first-order valence-electron chi connectivity index (χ1n) is 8.09. The number of benzene rings is 1. The minimum Gasteiger partial charge on any atom is -0.462 e. The number of carbonyl (C=O) groups is 2. The van der Waals surface area contributed by atoms with Crippen molar-refractivity contribution in [2.75, 3.05) is 31.6 Å². The molecule has 1 unspecified atom stereocenters. The molecular formula is C17H24N2O4. The molecule has 1 aromatic carbocycles. The van der Waals surface area contributed by atoms with Gasteiger partial charge in [0.05, 0.1) is 24.0 Å². The van der Waals surface area contributed by atoms with Gasteiger partial charge in [-0.2, -0.15) is 0 Å². The van der Waals surface area contributed by atoms with Crippen LogP contribution in [0.15, 0.2) is 24.3 Å². The summed E-state index contributed by atoms with van der Waals surface area (Å²) < 4.78 is 10.5. The maximum Gasteiger partial charge on any atom is 0.340 e. The normalized spacial score (nSPS) is 17.0. The van der Waals surface area contributed by atoms with Crippen molar-refractivity contribution in [2.24, 2.45) is 0 Å². The smallest absolute Gasteiger partial charge is 0.340 e. The second-order valence-electron chi connectivity index (χ2n) is 5.40. The third-order valence-electron chi connectivity index (χ3n) is 3.62. The first kappa shape index (κ1) is 17.4. The molecule has 0 aromatic heterocycles. The van der Waals surface area contributed by atoms with Crippen molar-refractivity contribution in [3.63, 3.8) is 0 Å². The van der Waals surface area contributed by atoms with Gasteiger partial charge in [0.2, 0.25) is 5.91 Å². The predicted octanol–water partition coefficient (Wildman–Crippen LogP) is 1.96. The Morgan fingerprint density at radius 2 is 2.17 bits per heavy atom. The zero-order chi connectivity index (χ0) is 16.5. The minimum atomic E-state index is -0.431. The molecule has 6 nitrogen and oxygen atoms in total. The Kier molecular flexibility index (Phi) is 7.03. The molecule has 126 valence electrons. The van der Waals surface area contributed by atoms with Crippen LogP contribution in [0.1, 0.15) is 36.5 Å². The Bertz CT molecular complexity index is 527. The predicted molar refractivity (Wildman–Crippen MR) is 87.5 cm³/mol. The summed E-state index contributed by atoms with van der Waals surface area (Å²) >= 11 is 0. The van der Waals surface area contributed by atoms with E-state index in [2.05, 4.69) is 10.6 Å². The van der Waals surface area contributed by atoms with Crippen molar-refractivity contribution in [2.45, 2.75) is 32.3 Å². The Labute approximate surface area is 136 Å². The Morgan fingerprint density at radius 1 is 1.35 bits per heavy atom. The van der Waals surface area contributed by atoms with Crippen LogP contribution in [0.2, 0.25) is 0 Å². The highest BCUT2D eigenvalue weighted by molar-refractivity contribution is 6.01. The van der Waals surface area contributed by atoms with Gasteiger partial charge in [-0.05, 0) is 31.9 Å². The van der Waals surface area contributed by atoms with E-state index in [1.165, 1.54) is 0 Å². The topological polar surface area (TPSA) is 76.7 Å². The average molecular weight is 320 g/mol. The van der Waals surface area contributed by atoms with Gasteiger partial charge in [-0.25, -0.2) is 4.79 Å². The molecule has 0 saturated carbocycles. The molecule has 0 bridgehead atoms. The van der Waals surface area contributed by atoms with Crippen LogP contribution in [0.3, 0.4) is 0 Å². The van der Waals surface area contributed by atoms with Crippen LogP contribution in [0, 0.1) is 0 Å². The van der Waals surface area contributed by atoms with E-state index in [0.717, 1.165) is 26.0 Å². The minimum absolute atomic E-state index is 0.137. The summed E-state index contributed by atoms with van der Waals surface area (Å²) in [7, 11) is 0. The summed E-state index contributed by atoms with van der Waals surface area (Å²) in [5.74, 6) is -0.568. The second-order valence-corrected chi connectivity index (χ2v) is 5.40. The van der Waals surface area contributed by atoms with Crippen molar-refractivity contribution in [3.8, 4) is 0 Å². The molecule has 1 aliphatic heterocycles. The molecule has 0 aliphatic carbocycles. The van der Waals surface area contributed by atoms with Crippen LogP contribution in [-0.4, -0.2) is 44.3 Å². The van der Waals surface area contributed by atoms with Crippen molar-refractivity contribution in [1.82, 2.24) is 5.32 Å². The van der Waals surface area contributed by atoms with E-state index in [1.807, 2.05) is 0 Å². The first-order chi connectivity index (χ1) is 11.2. The SMILES string of the molecule is CCOC(=O)c1ccccc1NC(=O)CCNCC1CCCO1. The molecular weight excluding hydrogens is 296 g/mol. The monoisotopic (exact) mass is 320 g/mol. The lowest BCUT2D eigenvalue weighted by Crippen LogP contribution is -2.29. The molecule has 2 rings (SSSR count). The van der Waals surface area contributed by atoms with Crippen molar-refractivity contribution in [1.29, 1.82) is 0 Å². The molecule has 1 saturated heterocycles. The van der Waals surface area contributed by atoms with Gasteiger partial charge in [0.15, 0.2) is 0 Å². The summed E-state index contributed by atoms with van der Waals surface area (Å²) in [4.78, 5) is 23.9. The first-order valence-corrected chi connectivity index (χ1v) is 8.09. The van der Waals surface area contributed by atoms with E-state index in [1.54, 1.807) is 31.2 Å². The van der Waals surface area contributed by atoms with Crippen LogP contribution >= 0.6 is 0 Å². The largest absolute Gasteiger partial charge is 0.462 e. The number of rotatable bonds is 8. The van der Waals surface area contributed by atoms with Gasteiger partial charge in [0.1, 0.15) is 0 Å². The molecule has 0 spiro atoms. The van der Waals surface area contributed by atoms with Gasteiger partial charge in [0.25, 0.3) is 0 Å². The lowest BCUT2D eigenvalue weighted by molar-refractivity contribution is -0.116. The average Bonchev–Trinajstić information content (AvgIpc) is 3.06. The van der Waals surface area contributed by atoms with E-state index < -0.39 is 5.97 Å². The molecule has 23 heavy (non-hydrogen) atoms. The second kappa shape index (κ2) is 9.27. The number of hydrogen-bond donors (Lipinski definition) is 2. The van der Waals surface area contributed by atoms with Crippen LogP contribution in [0.4, 0.5) is 5.69 Å². The molecule has 0 radical (unpaired) electrons. The fraction of sp³-hybridized carbons (Fsp3) is 0.529. The van der Waals surface area contributed by atoms with Gasteiger partial charge in [0, 0.05) is 26.1 Å². The zero-order valence-electron chi connectivity index (χ0n) is 13.5. The third-order valence-corrected chi connectivity index (χ3v) is 3.62. The lowest BCUT2D eigenvalue weighted by Gasteiger charge is -2.12. The summed E-state index contributed by atoms with van der Waals surface area (Å²) in [5.41, 5.74) is 0.852. The van der Waals surface area contributed by atoms with Crippen LogP contribution in [0.25, 0.3) is 0 Å². The number of amides is 1. The van der Waals surface area contributed by atoms with E-state index in [0.29, 0.717) is 30.8 Å². The lowest BCUT2D eigenvalue weighted by atomic mass is 10.1. The van der Waals surface area contributed by atoms with E-state index >= 15 is 0 Å². The van der Waals surface area contributed by atoms with Crippen LogP contribution < -0.4 is 10.6 Å². The molecule has 1 amide bonds. The van der Waals surface area contributed by atoms with E-state index in [4.69, 9.17) is 9.47 Å². The molecule has 1 aromatic rings. The van der Waals surface area contributed by atoms with Gasteiger partial charge in [-0.1, -0.05) is 12.1 Å². The number of ether oxygens (including phenoxy) is 2. The highest BCUT2D eigenvalue weighted by atomic mass is 16.5. The molecule has 1 heterocycles. The summed E-state index contributed by atoms with van der Waals surface area (Å²) in [5, 5.41) is 5.99. The molecule has 1 atom stereocenters. The number of hydrogen-bond acceptors (Lipinski definition) is 5. The van der Waals surface area contributed by atoms with Gasteiger partial charge < -0.3 is 20.1 Å². The van der Waals surface area contributed by atoms with Crippen molar-refractivity contribution in [3.05, 3.63) is 29.8 Å². The van der Waals surface area contributed by atoms with E-state index in [9.17, 15) is 9.59 Å². The van der Waals surface area contributed by atoms with Gasteiger partial charge in [-0.15, -0.1) is 0 Å². The highest BCUT2D eigenvalue weighted by Gasteiger charge is 2.15. The number of para-hydroxylation sites is 1. The summed E-state index contributed by atoms with van der Waals surface area (Å²) in [6, 6.07) is 6.85. The van der Waals surface area contributed by atoms with Crippen LogP contribution in [-0.2, 0) is 14.3 Å².